The summed E-state index contributed by atoms with van der Waals surface area (Å²) >= 11 is 0. The van der Waals surface area contributed by atoms with Gasteiger partial charge in [0.25, 0.3) is 0 Å². The number of hydrogen-bond acceptors (Lipinski definition) is 2. The van der Waals surface area contributed by atoms with Crippen LogP contribution in [0.4, 0.5) is 0 Å². The lowest BCUT2D eigenvalue weighted by molar-refractivity contribution is -0.124. The first kappa shape index (κ1) is 14.7. The van der Waals surface area contributed by atoms with Crippen molar-refractivity contribution >= 4 is 5.78 Å². The number of Topliss-reactive ketones (excluding diaryl/α,β-unsaturated/α-hetero) is 1. The summed E-state index contributed by atoms with van der Waals surface area (Å²) in [6.07, 6.45) is 0.868. The molecule has 18 heavy (non-hydrogen) atoms. The van der Waals surface area contributed by atoms with Crippen LogP contribution in [0.3, 0.4) is 0 Å². The molecule has 0 saturated carbocycles. The molecular formula is C16H24O2. The summed E-state index contributed by atoms with van der Waals surface area (Å²) in [6.45, 7) is 10.5. The Morgan fingerprint density at radius 1 is 1.28 bits per heavy atom. The first-order chi connectivity index (χ1) is 8.45. The summed E-state index contributed by atoms with van der Waals surface area (Å²) in [5.41, 5.74) is 2.32. The zero-order chi connectivity index (χ0) is 13.7. The van der Waals surface area contributed by atoms with Gasteiger partial charge in [0.15, 0.2) is 5.78 Å². The first-order valence-electron chi connectivity index (χ1n) is 6.71. The fourth-order valence-corrected chi connectivity index (χ4v) is 1.76. The van der Waals surface area contributed by atoms with Crippen LogP contribution in [0.5, 0.6) is 5.75 Å². The van der Waals surface area contributed by atoms with Crippen molar-refractivity contribution in [2.45, 2.75) is 47.0 Å². The summed E-state index contributed by atoms with van der Waals surface area (Å²) in [4.78, 5) is 11.8. The number of ketones is 1. The molecule has 1 aromatic rings. The van der Waals surface area contributed by atoms with Crippen LogP contribution >= 0.6 is 0 Å². The van der Waals surface area contributed by atoms with Crippen LogP contribution in [0.2, 0.25) is 0 Å². The summed E-state index contributed by atoms with van der Waals surface area (Å²) < 4.78 is 5.71. The number of carbonyl (C=O) groups excluding carboxylic acids is 1. The lowest BCUT2D eigenvalue weighted by Gasteiger charge is -2.15. The largest absolute Gasteiger partial charge is 0.486 e. The molecule has 0 aliphatic heterocycles. The second-order valence-corrected chi connectivity index (χ2v) is 5.26. The molecule has 0 aliphatic carbocycles. The number of ether oxygens (including phenoxy) is 1. The van der Waals surface area contributed by atoms with Crippen LogP contribution in [-0.4, -0.2) is 12.4 Å². The highest BCUT2D eigenvalue weighted by Crippen LogP contribution is 2.27. The average Bonchev–Trinajstić information content (AvgIpc) is 2.34. The van der Waals surface area contributed by atoms with Crippen LogP contribution in [0, 0.1) is 12.8 Å². The van der Waals surface area contributed by atoms with Gasteiger partial charge in [0.2, 0.25) is 0 Å². The normalized spacial score (nSPS) is 12.6. The van der Waals surface area contributed by atoms with E-state index < -0.39 is 0 Å². The quantitative estimate of drug-likeness (QED) is 0.757. The minimum Gasteiger partial charge on any atom is -0.486 e. The maximum absolute atomic E-state index is 11.8. The van der Waals surface area contributed by atoms with Gasteiger partial charge in [0, 0.05) is 5.92 Å². The van der Waals surface area contributed by atoms with Gasteiger partial charge in [0.1, 0.15) is 12.4 Å². The van der Waals surface area contributed by atoms with Crippen molar-refractivity contribution in [1.82, 2.24) is 0 Å². The molecule has 0 aliphatic rings. The van der Waals surface area contributed by atoms with E-state index in [9.17, 15) is 4.79 Å². The van der Waals surface area contributed by atoms with Gasteiger partial charge in [-0.15, -0.1) is 0 Å². The maximum atomic E-state index is 11.8. The molecule has 0 aromatic heterocycles. The summed E-state index contributed by atoms with van der Waals surface area (Å²) in [5.74, 6) is 1.51. The minimum atomic E-state index is 0.0808. The highest BCUT2D eigenvalue weighted by atomic mass is 16.5. The van der Waals surface area contributed by atoms with Crippen LogP contribution in [0.15, 0.2) is 18.2 Å². The van der Waals surface area contributed by atoms with E-state index in [-0.39, 0.29) is 18.3 Å². The lowest BCUT2D eigenvalue weighted by atomic mass is 10.0. The molecule has 0 fully saturated rings. The zero-order valence-corrected chi connectivity index (χ0v) is 12.1. The Balaban J connectivity index is 2.77. The van der Waals surface area contributed by atoms with E-state index in [4.69, 9.17) is 4.74 Å². The first-order valence-corrected chi connectivity index (χ1v) is 6.71. The Hall–Kier alpha value is -1.31. The van der Waals surface area contributed by atoms with Gasteiger partial charge in [0.05, 0.1) is 0 Å². The molecule has 0 N–H and O–H groups in total. The average molecular weight is 248 g/mol. The SMILES string of the molecule is CCC(C)C(=O)COc1cc(C)ccc1C(C)C. The Labute approximate surface area is 110 Å². The zero-order valence-electron chi connectivity index (χ0n) is 12.1. The number of aryl methyl sites for hydroxylation is 1. The van der Waals surface area contributed by atoms with Gasteiger partial charge in [-0.1, -0.05) is 39.8 Å². The molecule has 2 heteroatoms. The number of hydrogen-bond donors (Lipinski definition) is 0. The van der Waals surface area contributed by atoms with Crippen molar-refractivity contribution in [2.75, 3.05) is 6.61 Å². The van der Waals surface area contributed by atoms with Crippen molar-refractivity contribution in [1.29, 1.82) is 0 Å². The molecule has 1 unspecified atom stereocenters. The van der Waals surface area contributed by atoms with E-state index in [1.165, 1.54) is 0 Å². The summed E-state index contributed by atoms with van der Waals surface area (Å²) in [7, 11) is 0. The number of carbonyl (C=O) groups is 1. The van der Waals surface area contributed by atoms with Gasteiger partial charge in [-0.3, -0.25) is 4.79 Å². The molecule has 1 atom stereocenters. The highest BCUT2D eigenvalue weighted by molar-refractivity contribution is 5.82. The molecule has 0 spiro atoms. The van der Waals surface area contributed by atoms with E-state index in [1.54, 1.807) is 0 Å². The molecule has 0 amide bonds. The van der Waals surface area contributed by atoms with Crippen molar-refractivity contribution < 1.29 is 9.53 Å². The highest BCUT2D eigenvalue weighted by Gasteiger charge is 2.13. The smallest absolute Gasteiger partial charge is 0.172 e. The summed E-state index contributed by atoms with van der Waals surface area (Å²) in [6, 6.07) is 6.18. The molecule has 2 nitrogen and oxygen atoms in total. The van der Waals surface area contributed by atoms with Crippen molar-refractivity contribution in [2.24, 2.45) is 5.92 Å². The molecule has 1 aromatic carbocycles. The van der Waals surface area contributed by atoms with Crippen molar-refractivity contribution in [3.8, 4) is 5.75 Å². The molecule has 100 valence electrons. The third-order valence-corrected chi connectivity index (χ3v) is 3.32. The van der Waals surface area contributed by atoms with Gasteiger partial charge >= 0.3 is 0 Å². The molecular weight excluding hydrogens is 224 g/mol. The molecule has 1 rings (SSSR count). The van der Waals surface area contributed by atoms with Crippen LogP contribution in [-0.2, 0) is 4.79 Å². The predicted molar refractivity (Wildman–Crippen MR) is 75.2 cm³/mol. The number of rotatable bonds is 6. The Morgan fingerprint density at radius 2 is 1.94 bits per heavy atom. The second kappa shape index (κ2) is 6.58. The second-order valence-electron chi connectivity index (χ2n) is 5.26. The van der Waals surface area contributed by atoms with E-state index in [0.717, 1.165) is 23.3 Å². The fraction of sp³-hybridized carbons (Fsp3) is 0.562. The maximum Gasteiger partial charge on any atom is 0.172 e. The monoisotopic (exact) mass is 248 g/mol. The Bertz CT molecular complexity index is 408. The standard InChI is InChI=1S/C16H24O2/c1-6-13(5)15(17)10-18-16-9-12(4)7-8-14(16)11(2)3/h7-9,11,13H,6,10H2,1-5H3. The van der Waals surface area contributed by atoms with Crippen LogP contribution < -0.4 is 4.74 Å². The van der Waals surface area contributed by atoms with Crippen molar-refractivity contribution in [3.63, 3.8) is 0 Å². The Morgan fingerprint density at radius 3 is 2.50 bits per heavy atom. The van der Waals surface area contributed by atoms with Gasteiger partial charge < -0.3 is 4.74 Å². The van der Waals surface area contributed by atoms with Gasteiger partial charge in [-0.25, -0.2) is 0 Å². The third-order valence-electron chi connectivity index (χ3n) is 3.32. The number of benzene rings is 1. The fourth-order valence-electron chi connectivity index (χ4n) is 1.76. The van der Waals surface area contributed by atoms with E-state index in [0.29, 0.717) is 5.92 Å². The molecule has 0 radical (unpaired) electrons. The van der Waals surface area contributed by atoms with Gasteiger partial charge in [-0.05, 0) is 36.5 Å². The van der Waals surface area contributed by atoms with Crippen LogP contribution in [0.25, 0.3) is 0 Å². The van der Waals surface area contributed by atoms with E-state index >= 15 is 0 Å². The lowest BCUT2D eigenvalue weighted by Crippen LogP contribution is -2.19. The topological polar surface area (TPSA) is 26.3 Å². The van der Waals surface area contributed by atoms with Crippen LogP contribution in [0.1, 0.15) is 51.2 Å². The minimum absolute atomic E-state index is 0.0808. The molecule has 0 saturated heterocycles. The van der Waals surface area contributed by atoms with E-state index in [2.05, 4.69) is 26.0 Å². The third kappa shape index (κ3) is 3.86. The summed E-state index contributed by atoms with van der Waals surface area (Å²) in [5, 5.41) is 0. The predicted octanol–water partition coefficient (Wildman–Crippen LogP) is 4.11. The van der Waals surface area contributed by atoms with E-state index in [1.807, 2.05) is 26.8 Å². The molecule has 0 bridgehead atoms. The van der Waals surface area contributed by atoms with Gasteiger partial charge in [-0.2, -0.15) is 0 Å². The van der Waals surface area contributed by atoms with Crippen molar-refractivity contribution in [3.05, 3.63) is 29.3 Å². The Kier molecular flexibility index (Phi) is 5.39. The molecule has 0 heterocycles.